The van der Waals surface area contributed by atoms with E-state index >= 15 is 0 Å². The lowest BCUT2D eigenvalue weighted by Crippen LogP contribution is -2.32. The highest BCUT2D eigenvalue weighted by molar-refractivity contribution is 6.31. The second-order valence-corrected chi connectivity index (χ2v) is 6.52. The molecule has 1 aliphatic heterocycles. The number of carbonyl (C=O) groups excluding carboxylic acids is 2. The fourth-order valence-electron chi connectivity index (χ4n) is 2.88. The average molecular weight is 361 g/mol. The number of amides is 2. The molecule has 0 radical (unpaired) electrons. The topological polar surface area (TPSA) is 49.4 Å². The number of halogens is 2. The van der Waals surface area contributed by atoms with Gasteiger partial charge < -0.3 is 10.2 Å². The molecule has 1 fully saturated rings. The molecule has 130 valence electrons. The van der Waals surface area contributed by atoms with Crippen molar-refractivity contribution in [3.8, 4) is 0 Å². The quantitative estimate of drug-likeness (QED) is 0.890. The first kappa shape index (κ1) is 17.4. The van der Waals surface area contributed by atoms with E-state index < -0.39 is 0 Å². The van der Waals surface area contributed by atoms with Gasteiger partial charge in [0.15, 0.2) is 0 Å². The van der Waals surface area contributed by atoms with E-state index in [1.54, 1.807) is 23.1 Å². The van der Waals surface area contributed by atoms with Gasteiger partial charge >= 0.3 is 0 Å². The second-order valence-electron chi connectivity index (χ2n) is 6.11. The zero-order chi connectivity index (χ0) is 17.8. The van der Waals surface area contributed by atoms with Gasteiger partial charge in [0.05, 0.1) is 5.92 Å². The van der Waals surface area contributed by atoms with Crippen LogP contribution in [0.25, 0.3) is 0 Å². The molecule has 0 aliphatic carbocycles. The Kier molecular flexibility index (Phi) is 5.34. The van der Waals surface area contributed by atoms with Crippen molar-refractivity contribution < 1.29 is 14.0 Å². The first-order chi connectivity index (χ1) is 12.0. The van der Waals surface area contributed by atoms with Gasteiger partial charge in [0.2, 0.25) is 11.8 Å². The predicted molar refractivity (Wildman–Crippen MR) is 93.2 cm³/mol. The van der Waals surface area contributed by atoms with E-state index in [0.29, 0.717) is 24.7 Å². The van der Waals surface area contributed by atoms with E-state index in [4.69, 9.17) is 11.6 Å². The monoisotopic (exact) mass is 360 g/mol. The fourth-order valence-corrected chi connectivity index (χ4v) is 3.08. The molecule has 1 heterocycles. The van der Waals surface area contributed by atoms with Crippen LogP contribution in [0.2, 0.25) is 5.02 Å². The summed E-state index contributed by atoms with van der Waals surface area (Å²) >= 11 is 6.07. The number of hydrogen-bond donors (Lipinski definition) is 1. The van der Waals surface area contributed by atoms with E-state index in [1.165, 1.54) is 12.1 Å². The minimum absolute atomic E-state index is 0.0674. The normalized spacial score (nSPS) is 17.0. The van der Waals surface area contributed by atoms with Crippen molar-refractivity contribution in [2.45, 2.75) is 19.5 Å². The minimum Gasteiger partial charge on any atom is -0.352 e. The van der Waals surface area contributed by atoms with Crippen LogP contribution in [0.1, 0.15) is 17.5 Å². The van der Waals surface area contributed by atoms with Crippen molar-refractivity contribution in [3.63, 3.8) is 0 Å². The standard InChI is InChI=1S/C19H18ClFN2O2/c20-17-4-2-1-3-14(17)10-22-19(25)15-9-18(24)23(12-15)11-13-5-7-16(21)8-6-13/h1-8,15H,9-12H2,(H,22,25). The van der Waals surface area contributed by atoms with Gasteiger partial charge in [-0.05, 0) is 29.3 Å². The molecule has 25 heavy (non-hydrogen) atoms. The van der Waals surface area contributed by atoms with E-state index in [9.17, 15) is 14.0 Å². The van der Waals surface area contributed by atoms with Crippen LogP contribution in [0.4, 0.5) is 4.39 Å². The molecule has 0 spiro atoms. The second kappa shape index (κ2) is 7.66. The SMILES string of the molecule is O=C(NCc1ccccc1Cl)C1CC(=O)N(Cc2ccc(F)cc2)C1. The van der Waals surface area contributed by atoms with E-state index in [-0.39, 0.29) is 30.0 Å². The number of carbonyl (C=O) groups is 2. The van der Waals surface area contributed by atoms with Crippen molar-refractivity contribution in [3.05, 3.63) is 70.5 Å². The lowest BCUT2D eigenvalue weighted by Gasteiger charge is -2.17. The first-order valence-corrected chi connectivity index (χ1v) is 8.44. The predicted octanol–water partition coefficient (Wildman–Crippen LogP) is 3.14. The van der Waals surface area contributed by atoms with Crippen LogP contribution >= 0.6 is 11.6 Å². The molecule has 4 nitrogen and oxygen atoms in total. The number of nitrogens with one attached hydrogen (secondary N) is 1. The van der Waals surface area contributed by atoms with Crippen LogP contribution in [-0.4, -0.2) is 23.3 Å². The number of nitrogens with zero attached hydrogens (tertiary/aromatic N) is 1. The van der Waals surface area contributed by atoms with Crippen LogP contribution in [0.15, 0.2) is 48.5 Å². The van der Waals surface area contributed by atoms with Crippen LogP contribution in [0.5, 0.6) is 0 Å². The van der Waals surface area contributed by atoms with Gasteiger partial charge in [-0.1, -0.05) is 41.9 Å². The van der Waals surface area contributed by atoms with E-state index in [2.05, 4.69) is 5.32 Å². The van der Waals surface area contributed by atoms with Crippen LogP contribution in [0, 0.1) is 11.7 Å². The fraction of sp³-hybridized carbons (Fsp3) is 0.263. The largest absolute Gasteiger partial charge is 0.352 e. The summed E-state index contributed by atoms with van der Waals surface area (Å²) in [5.74, 6) is -0.916. The van der Waals surface area contributed by atoms with Crippen LogP contribution in [-0.2, 0) is 22.7 Å². The Morgan fingerprint density at radius 2 is 1.92 bits per heavy atom. The van der Waals surface area contributed by atoms with Crippen molar-refractivity contribution in [1.29, 1.82) is 0 Å². The van der Waals surface area contributed by atoms with Gasteiger partial charge in [0.25, 0.3) is 0 Å². The van der Waals surface area contributed by atoms with E-state index in [1.807, 2.05) is 18.2 Å². The Hall–Kier alpha value is -2.40. The summed E-state index contributed by atoms with van der Waals surface area (Å²) in [7, 11) is 0. The Bertz CT molecular complexity index is 779. The van der Waals surface area contributed by atoms with Crippen LogP contribution in [0.3, 0.4) is 0 Å². The Morgan fingerprint density at radius 1 is 1.20 bits per heavy atom. The third-order valence-corrected chi connectivity index (χ3v) is 4.65. The molecular formula is C19H18ClFN2O2. The molecule has 1 N–H and O–H groups in total. The molecule has 1 aliphatic rings. The third-order valence-electron chi connectivity index (χ3n) is 4.28. The van der Waals surface area contributed by atoms with Gasteiger partial charge in [-0.2, -0.15) is 0 Å². The van der Waals surface area contributed by atoms with Crippen LogP contribution < -0.4 is 5.32 Å². The number of rotatable bonds is 5. The number of likely N-dealkylation sites (tertiary alicyclic amines) is 1. The molecule has 1 unspecified atom stereocenters. The summed E-state index contributed by atoms with van der Waals surface area (Å²) in [6, 6.07) is 13.3. The Labute approximate surface area is 150 Å². The van der Waals surface area contributed by atoms with E-state index in [0.717, 1.165) is 11.1 Å². The molecule has 2 aromatic rings. The van der Waals surface area contributed by atoms with Gasteiger partial charge in [-0.3, -0.25) is 9.59 Å². The third kappa shape index (κ3) is 4.37. The lowest BCUT2D eigenvalue weighted by atomic mass is 10.1. The molecule has 2 aromatic carbocycles. The summed E-state index contributed by atoms with van der Waals surface area (Å²) in [5.41, 5.74) is 1.68. The summed E-state index contributed by atoms with van der Waals surface area (Å²) < 4.78 is 13.0. The maximum absolute atomic E-state index is 13.0. The van der Waals surface area contributed by atoms with Crippen molar-refractivity contribution in [1.82, 2.24) is 10.2 Å². The Morgan fingerprint density at radius 3 is 2.64 bits per heavy atom. The molecule has 0 saturated carbocycles. The van der Waals surface area contributed by atoms with Gasteiger partial charge in [-0.25, -0.2) is 4.39 Å². The highest BCUT2D eigenvalue weighted by Crippen LogP contribution is 2.21. The smallest absolute Gasteiger partial charge is 0.225 e. The zero-order valence-corrected chi connectivity index (χ0v) is 14.3. The molecular weight excluding hydrogens is 343 g/mol. The molecule has 6 heteroatoms. The highest BCUT2D eigenvalue weighted by Gasteiger charge is 2.34. The zero-order valence-electron chi connectivity index (χ0n) is 13.5. The minimum atomic E-state index is -0.379. The van der Waals surface area contributed by atoms with Crippen molar-refractivity contribution >= 4 is 23.4 Å². The molecule has 0 bridgehead atoms. The summed E-state index contributed by atoms with van der Waals surface area (Å²) in [4.78, 5) is 26.1. The van der Waals surface area contributed by atoms with Gasteiger partial charge in [-0.15, -0.1) is 0 Å². The summed E-state index contributed by atoms with van der Waals surface area (Å²) in [6.07, 6.45) is 0.190. The number of benzene rings is 2. The molecule has 1 saturated heterocycles. The molecule has 1 atom stereocenters. The molecule has 2 amide bonds. The van der Waals surface area contributed by atoms with Crippen molar-refractivity contribution in [2.24, 2.45) is 5.92 Å². The lowest BCUT2D eigenvalue weighted by molar-refractivity contribution is -0.129. The summed E-state index contributed by atoms with van der Waals surface area (Å²) in [5, 5.41) is 3.44. The average Bonchev–Trinajstić information content (AvgIpc) is 2.97. The van der Waals surface area contributed by atoms with Gasteiger partial charge in [0.1, 0.15) is 5.82 Å². The molecule has 0 aromatic heterocycles. The highest BCUT2D eigenvalue weighted by atomic mass is 35.5. The summed E-state index contributed by atoms with van der Waals surface area (Å²) in [6.45, 7) is 1.08. The maximum Gasteiger partial charge on any atom is 0.225 e. The Balaban J connectivity index is 1.55. The molecule has 3 rings (SSSR count). The van der Waals surface area contributed by atoms with Crippen molar-refractivity contribution in [2.75, 3.05) is 6.54 Å². The number of hydrogen-bond acceptors (Lipinski definition) is 2. The first-order valence-electron chi connectivity index (χ1n) is 8.06. The maximum atomic E-state index is 13.0. The van der Waals surface area contributed by atoms with Gasteiger partial charge in [0, 0.05) is 31.1 Å².